The largest absolute Gasteiger partial charge is 0.273 e. The monoisotopic (exact) mass is 393 g/mol. The normalized spacial score (nSPS) is 11.5. The first-order valence-electron chi connectivity index (χ1n) is 7.66. The fraction of sp³-hybridized carbons (Fsp3) is 0.176. The minimum Gasteiger partial charge on any atom is -0.273 e. The Morgan fingerprint density at radius 2 is 1.77 bits per heavy atom. The first-order chi connectivity index (χ1) is 12.3. The molecule has 0 aliphatic rings. The summed E-state index contributed by atoms with van der Waals surface area (Å²) >= 11 is 1.37. The standard InChI is InChI=1S/C17H16FN3O3S2/c1-10-3-4-11(2)16-15(10)19-17(25-16)21-20-14(22)9-26(23,24)13-7-5-12(18)6-8-13/h3-8H,9H2,1-2H3,(H,19,21)(H,20,22). The van der Waals surface area contributed by atoms with Gasteiger partial charge in [-0.15, -0.1) is 0 Å². The number of hydrogen-bond acceptors (Lipinski definition) is 6. The number of hydrazine groups is 1. The zero-order valence-electron chi connectivity index (χ0n) is 14.0. The van der Waals surface area contributed by atoms with E-state index in [0.29, 0.717) is 5.13 Å². The molecule has 1 aromatic heterocycles. The fourth-order valence-corrected chi connectivity index (χ4v) is 4.47. The van der Waals surface area contributed by atoms with Gasteiger partial charge in [-0.1, -0.05) is 23.5 Å². The Labute approximate surface area is 154 Å². The number of carbonyl (C=O) groups excluding carboxylic acids is 1. The Kier molecular flexibility index (Phi) is 4.92. The van der Waals surface area contributed by atoms with Crippen LogP contribution in [0.3, 0.4) is 0 Å². The van der Waals surface area contributed by atoms with Crippen molar-refractivity contribution in [3.05, 3.63) is 53.3 Å². The smallest absolute Gasteiger partial charge is 0.253 e. The van der Waals surface area contributed by atoms with E-state index in [4.69, 9.17) is 0 Å². The summed E-state index contributed by atoms with van der Waals surface area (Å²) in [4.78, 5) is 16.3. The SMILES string of the molecule is Cc1ccc(C)c2sc(NNC(=O)CS(=O)(=O)c3ccc(F)cc3)nc12. The average molecular weight is 393 g/mol. The summed E-state index contributed by atoms with van der Waals surface area (Å²) in [5.74, 6) is -2.03. The van der Waals surface area contributed by atoms with E-state index in [9.17, 15) is 17.6 Å². The molecular formula is C17H16FN3O3S2. The van der Waals surface area contributed by atoms with Crippen LogP contribution in [-0.2, 0) is 14.6 Å². The Morgan fingerprint density at radius 1 is 1.12 bits per heavy atom. The summed E-state index contributed by atoms with van der Waals surface area (Å²) in [5, 5.41) is 0.463. The number of fused-ring (bicyclic) bond motifs is 1. The van der Waals surface area contributed by atoms with Crippen LogP contribution in [0, 0.1) is 19.7 Å². The van der Waals surface area contributed by atoms with E-state index in [1.54, 1.807) is 0 Å². The number of anilines is 1. The third-order valence-corrected chi connectivity index (χ3v) is 6.48. The lowest BCUT2D eigenvalue weighted by molar-refractivity contribution is -0.118. The Balaban J connectivity index is 1.68. The van der Waals surface area contributed by atoms with Gasteiger partial charge in [-0.2, -0.15) is 0 Å². The van der Waals surface area contributed by atoms with Crippen molar-refractivity contribution < 1.29 is 17.6 Å². The molecule has 0 unspecified atom stereocenters. The van der Waals surface area contributed by atoms with Gasteiger partial charge in [0.15, 0.2) is 9.84 Å². The molecule has 3 aromatic rings. The number of aromatic nitrogens is 1. The van der Waals surface area contributed by atoms with Crippen LogP contribution in [0.2, 0.25) is 0 Å². The number of sulfone groups is 1. The lowest BCUT2D eigenvalue weighted by Crippen LogP contribution is -2.34. The maximum Gasteiger partial charge on any atom is 0.253 e. The van der Waals surface area contributed by atoms with E-state index in [0.717, 1.165) is 45.6 Å². The van der Waals surface area contributed by atoms with Crippen molar-refractivity contribution in [2.24, 2.45) is 0 Å². The van der Waals surface area contributed by atoms with E-state index in [-0.39, 0.29) is 4.90 Å². The molecule has 0 fully saturated rings. The summed E-state index contributed by atoms with van der Waals surface area (Å²) in [7, 11) is -3.85. The van der Waals surface area contributed by atoms with E-state index >= 15 is 0 Å². The van der Waals surface area contributed by atoms with E-state index in [1.807, 2.05) is 26.0 Å². The molecule has 6 nitrogen and oxygen atoms in total. The second-order valence-electron chi connectivity index (χ2n) is 5.78. The number of benzene rings is 2. The maximum absolute atomic E-state index is 12.9. The summed E-state index contributed by atoms with van der Waals surface area (Å²) < 4.78 is 38.2. The van der Waals surface area contributed by atoms with Crippen molar-refractivity contribution in [3.63, 3.8) is 0 Å². The quantitative estimate of drug-likeness (QED) is 0.514. The van der Waals surface area contributed by atoms with E-state index in [1.165, 1.54) is 11.3 Å². The van der Waals surface area contributed by atoms with Gasteiger partial charge in [0.2, 0.25) is 5.13 Å². The molecular weight excluding hydrogens is 377 g/mol. The highest BCUT2D eigenvalue weighted by molar-refractivity contribution is 7.92. The maximum atomic E-state index is 12.9. The molecule has 0 aliphatic heterocycles. The first-order valence-corrected chi connectivity index (χ1v) is 10.1. The van der Waals surface area contributed by atoms with Crippen molar-refractivity contribution in [3.8, 4) is 0 Å². The number of thiazole rings is 1. The molecule has 26 heavy (non-hydrogen) atoms. The molecule has 136 valence electrons. The van der Waals surface area contributed by atoms with Crippen LogP contribution >= 0.6 is 11.3 Å². The van der Waals surface area contributed by atoms with Crippen molar-refractivity contribution >= 4 is 42.4 Å². The fourth-order valence-electron chi connectivity index (χ4n) is 2.37. The average Bonchev–Trinajstić information content (AvgIpc) is 3.02. The van der Waals surface area contributed by atoms with Gasteiger partial charge >= 0.3 is 0 Å². The van der Waals surface area contributed by atoms with Crippen molar-refractivity contribution in [2.75, 3.05) is 11.2 Å². The van der Waals surface area contributed by atoms with Crippen LogP contribution in [-0.4, -0.2) is 25.1 Å². The van der Waals surface area contributed by atoms with Gasteiger partial charge in [-0.3, -0.25) is 15.6 Å². The molecule has 0 bridgehead atoms. The molecule has 0 atom stereocenters. The number of carbonyl (C=O) groups is 1. The zero-order chi connectivity index (χ0) is 18.9. The second-order valence-corrected chi connectivity index (χ2v) is 8.77. The highest BCUT2D eigenvalue weighted by atomic mass is 32.2. The minimum absolute atomic E-state index is 0.111. The van der Waals surface area contributed by atoms with Crippen LogP contribution in [0.5, 0.6) is 0 Å². The summed E-state index contributed by atoms with van der Waals surface area (Å²) in [6, 6.07) is 8.29. The molecule has 3 rings (SSSR count). The van der Waals surface area contributed by atoms with Gasteiger partial charge in [-0.05, 0) is 49.2 Å². The van der Waals surface area contributed by atoms with E-state index in [2.05, 4.69) is 15.8 Å². The third kappa shape index (κ3) is 3.83. The predicted octanol–water partition coefficient (Wildman–Crippen LogP) is 2.97. The van der Waals surface area contributed by atoms with Gasteiger partial charge in [0.1, 0.15) is 11.6 Å². The minimum atomic E-state index is -3.85. The molecule has 2 aromatic carbocycles. The Morgan fingerprint density at radius 3 is 2.42 bits per heavy atom. The van der Waals surface area contributed by atoms with Gasteiger partial charge in [0, 0.05) is 0 Å². The molecule has 1 amide bonds. The van der Waals surface area contributed by atoms with Crippen LogP contribution in [0.15, 0.2) is 41.3 Å². The van der Waals surface area contributed by atoms with Gasteiger partial charge in [0.25, 0.3) is 5.91 Å². The molecule has 9 heteroatoms. The van der Waals surface area contributed by atoms with Crippen LogP contribution < -0.4 is 10.9 Å². The summed E-state index contributed by atoms with van der Waals surface area (Å²) in [6.07, 6.45) is 0. The zero-order valence-corrected chi connectivity index (χ0v) is 15.7. The number of hydrogen-bond donors (Lipinski definition) is 2. The van der Waals surface area contributed by atoms with E-state index < -0.39 is 27.3 Å². The van der Waals surface area contributed by atoms with Crippen molar-refractivity contribution in [2.45, 2.75) is 18.7 Å². The van der Waals surface area contributed by atoms with Crippen molar-refractivity contribution in [1.29, 1.82) is 0 Å². The third-order valence-electron chi connectivity index (χ3n) is 3.74. The van der Waals surface area contributed by atoms with Gasteiger partial charge in [0.05, 0.1) is 15.1 Å². The second kappa shape index (κ2) is 7.00. The predicted molar refractivity (Wildman–Crippen MR) is 99.3 cm³/mol. The van der Waals surface area contributed by atoms with Crippen molar-refractivity contribution in [1.82, 2.24) is 10.4 Å². The van der Waals surface area contributed by atoms with Gasteiger partial charge < -0.3 is 0 Å². The molecule has 1 heterocycles. The highest BCUT2D eigenvalue weighted by Crippen LogP contribution is 2.30. The number of nitrogens with one attached hydrogen (secondary N) is 2. The number of halogens is 1. The molecule has 2 N–H and O–H groups in total. The molecule has 0 aliphatic carbocycles. The molecule has 0 spiro atoms. The highest BCUT2D eigenvalue weighted by Gasteiger charge is 2.19. The lowest BCUT2D eigenvalue weighted by atomic mass is 10.1. The van der Waals surface area contributed by atoms with Gasteiger partial charge in [-0.25, -0.2) is 17.8 Å². The van der Waals surface area contributed by atoms with Crippen LogP contribution in [0.25, 0.3) is 10.2 Å². The number of aryl methyl sites for hydroxylation is 2. The first kappa shape index (κ1) is 18.3. The number of amides is 1. The summed E-state index contributed by atoms with van der Waals surface area (Å²) in [6.45, 7) is 3.91. The summed E-state index contributed by atoms with van der Waals surface area (Å²) in [5.41, 5.74) is 7.92. The topological polar surface area (TPSA) is 88.2 Å². The molecule has 0 saturated heterocycles. The van der Waals surface area contributed by atoms with Crippen LogP contribution in [0.1, 0.15) is 11.1 Å². The molecule has 0 saturated carbocycles. The lowest BCUT2D eigenvalue weighted by Gasteiger charge is -2.06. The molecule has 0 radical (unpaired) electrons. The Bertz CT molecular complexity index is 1040. The van der Waals surface area contributed by atoms with Crippen LogP contribution in [0.4, 0.5) is 9.52 Å². The number of rotatable bonds is 5. The Hall–Kier alpha value is -2.52. The number of nitrogens with zero attached hydrogens (tertiary/aromatic N) is 1.